The number of halogens is 3. The molecule has 6 aromatic rings. The molecule has 1 unspecified atom stereocenters. The average molecular weight is 956 g/mol. The summed E-state index contributed by atoms with van der Waals surface area (Å²) in [7, 11) is 2.49. The number of rotatable bonds is 12. The van der Waals surface area contributed by atoms with E-state index in [0.717, 1.165) is 28.7 Å². The summed E-state index contributed by atoms with van der Waals surface area (Å²) in [5.41, 5.74) is 3.70. The second-order valence-corrected chi connectivity index (χ2v) is 19.1. The molecule has 2 aromatic carbocycles. The molecular formula is C48H52F3N9O7S. The standard InChI is InChI=1S/C48H52F3N9O7S/c1-23(2)39(56-47(63)65-5)44(61)58-15-7-9-32(58)42-52-21-29(54-42)25-11-12-31-27(17-25)19-34-38-28(49)18-26(20-35(38)67-46(60(31)34)37-14-13-36(68-37)41(50)51)30-22-53-43(55-30)33-10-8-16-59(33)45(62)40(24(3)4)57-48(64)66-6/h11-14,17-24,32-33,39-41,46H,7-10,15-16H2,1-6H3,(H,52,54)(H,53,55)(H,56,63)(H,57,64)/t32-,33-,39-,40-,46?/m0/s1. The number of alkyl halides is 2. The lowest BCUT2D eigenvalue weighted by atomic mass is 10.0. The number of thiophene rings is 1. The summed E-state index contributed by atoms with van der Waals surface area (Å²) < 4.78 is 62.8. The minimum absolute atomic E-state index is 0.128. The van der Waals surface area contributed by atoms with Crippen LogP contribution in [0.4, 0.5) is 22.8 Å². The van der Waals surface area contributed by atoms with E-state index < -0.39 is 48.8 Å². The highest BCUT2D eigenvalue weighted by atomic mass is 32.1. The Labute approximate surface area is 393 Å². The molecule has 0 radical (unpaired) electrons. The van der Waals surface area contributed by atoms with E-state index in [1.807, 2.05) is 56.5 Å². The fourth-order valence-corrected chi connectivity index (χ4v) is 10.5. The lowest BCUT2D eigenvalue weighted by Gasteiger charge is -2.30. The molecule has 2 saturated heterocycles. The fourth-order valence-electron chi connectivity index (χ4n) is 9.60. The number of hydrogen-bond acceptors (Lipinski definition) is 10. The van der Waals surface area contributed by atoms with Crippen molar-refractivity contribution in [1.29, 1.82) is 0 Å². The molecule has 68 heavy (non-hydrogen) atoms. The number of carbonyl (C=O) groups is 4. The number of amides is 4. The molecule has 0 bridgehead atoms. The number of H-pyrrole nitrogens is 2. The predicted octanol–water partition coefficient (Wildman–Crippen LogP) is 9.25. The molecule has 0 saturated carbocycles. The van der Waals surface area contributed by atoms with E-state index >= 15 is 4.39 Å². The van der Waals surface area contributed by atoms with E-state index in [2.05, 4.69) is 25.6 Å². The molecule has 4 N–H and O–H groups in total. The van der Waals surface area contributed by atoms with Crippen molar-refractivity contribution in [2.75, 3.05) is 27.3 Å². The minimum Gasteiger partial charge on any atom is -0.464 e. The molecule has 9 rings (SSSR count). The van der Waals surface area contributed by atoms with Gasteiger partial charge in [0.2, 0.25) is 18.0 Å². The van der Waals surface area contributed by atoms with Gasteiger partial charge in [0.1, 0.15) is 35.3 Å². The van der Waals surface area contributed by atoms with E-state index in [9.17, 15) is 28.0 Å². The van der Waals surface area contributed by atoms with E-state index in [-0.39, 0.29) is 45.9 Å². The maximum Gasteiger partial charge on any atom is 0.407 e. The summed E-state index contributed by atoms with van der Waals surface area (Å²) in [6.07, 6.45) is 1.04. The van der Waals surface area contributed by atoms with Crippen LogP contribution in [0, 0.1) is 17.7 Å². The quantitative estimate of drug-likeness (QED) is 0.0927. The van der Waals surface area contributed by atoms with Gasteiger partial charge in [-0.25, -0.2) is 32.7 Å². The summed E-state index contributed by atoms with van der Waals surface area (Å²) in [4.78, 5) is 71.6. The molecule has 358 valence electrons. The summed E-state index contributed by atoms with van der Waals surface area (Å²) >= 11 is 0.918. The molecule has 0 spiro atoms. The number of nitrogens with zero attached hydrogens (tertiary/aromatic N) is 5. The van der Waals surface area contributed by atoms with Crippen molar-refractivity contribution in [2.24, 2.45) is 11.8 Å². The van der Waals surface area contributed by atoms with E-state index in [4.69, 9.17) is 19.2 Å². The summed E-state index contributed by atoms with van der Waals surface area (Å²) in [5.74, 6) is -0.166. The van der Waals surface area contributed by atoms with Crippen LogP contribution in [-0.4, -0.2) is 97.7 Å². The Bertz CT molecular complexity index is 2890. The Kier molecular flexibility index (Phi) is 12.7. The number of fused-ring (bicyclic) bond motifs is 5. The number of carbonyl (C=O) groups excluding carboxylic acids is 4. The molecule has 7 heterocycles. The Morgan fingerprint density at radius 3 is 1.88 bits per heavy atom. The van der Waals surface area contributed by atoms with Crippen molar-refractivity contribution in [2.45, 2.75) is 90.2 Å². The first-order chi connectivity index (χ1) is 32.6. The van der Waals surface area contributed by atoms with Crippen molar-refractivity contribution in [3.05, 3.63) is 88.1 Å². The third kappa shape index (κ3) is 8.53. The van der Waals surface area contributed by atoms with Gasteiger partial charge in [-0.3, -0.25) is 14.2 Å². The number of aromatic amines is 2. The Morgan fingerprint density at radius 2 is 1.35 bits per heavy atom. The molecular weight excluding hydrogens is 904 g/mol. The first kappa shape index (κ1) is 46.3. The van der Waals surface area contributed by atoms with E-state index in [1.54, 1.807) is 34.3 Å². The van der Waals surface area contributed by atoms with Gasteiger partial charge >= 0.3 is 12.2 Å². The highest BCUT2D eigenvalue weighted by molar-refractivity contribution is 7.12. The lowest BCUT2D eigenvalue weighted by Crippen LogP contribution is -2.51. The van der Waals surface area contributed by atoms with Crippen LogP contribution in [0.25, 0.3) is 44.7 Å². The van der Waals surface area contributed by atoms with Gasteiger partial charge in [0.05, 0.1) is 76.6 Å². The van der Waals surface area contributed by atoms with E-state index in [1.165, 1.54) is 26.4 Å². The molecule has 5 atom stereocenters. The Hall–Kier alpha value is -6.83. The molecule has 16 nitrogen and oxygen atoms in total. The number of aromatic nitrogens is 5. The molecule has 2 fully saturated rings. The van der Waals surface area contributed by atoms with Gasteiger partial charge in [0.15, 0.2) is 0 Å². The largest absolute Gasteiger partial charge is 0.464 e. The topological polar surface area (TPSA) is 189 Å². The SMILES string of the molecule is COC(=O)N[C@H](C(=O)N1CCC[C@H]1c1ncc(-c2cc(F)c3c(c2)OC(c2ccc(C(F)F)s2)n2c-3cc3cc(-c4cnc([C@@H]5CCCN5C(=O)[C@@H](NC(=O)OC)C(C)C)[nH]4)ccc32)[nH]1)C(C)C. The van der Waals surface area contributed by atoms with Gasteiger partial charge in [-0.05, 0) is 80.0 Å². The van der Waals surface area contributed by atoms with Gasteiger partial charge in [-0.2, -0.15) is 0 Å². The highest BCUT2D eigenvalue weighted by Gasteiger charge is 2.40. The number of benzene rings is 2. The van der Waals surface area contributed by atoms with Crippen LogP contribution in [0.15, 0.2) is 60.9 Å². The van der Waals surface area contributed by atoms with Gasteiger partial charge in [0, 0.05) is 29.6 Å². The molecule has 4 amide bonds. The first-order valence-corrected chi connectivity index (χ1v) is 23.4. The number of hydrogen-bond donors (Lipinski definition) is 4. The number of ether oxygens (including phenoxy) is 3. The molecule has 0 aliphatic carbocycles. The van der Waals surface area contributed by atoms with E-state index in [0.29, 0.717) is 77.0 Å². The lowest BCUT2D eigenvalue weighted by molar-refractivity contribution is -0.136. The molecule has 4 aromatic heterocycles. The Morgan fingerprint density at radius 1 is 0.779 bits per heavy atom. The minimum atomic E-state index is -2.69. The zero-order chi connectivity index (χ0) is 48.1. The summed E-state index contributed by atoms with van der Waals surface area (Å²) in [5, 5.41) is 6.05. The third-order valence-corrected chi connectivity index (χ3v) is 14.2. The summed E-state index contributed by atoms with van der Waals surface area (Å²) in [6, 6.07) is 11.3. The van der Waals surface area contributed by atoms with Crippen LogP contribution < -0.4 is 15.4 Å². The fraction of sp³-hybridized carbons (Fsp3) is 0.417. The van der Waals surface area contributed by atoms with Crippen molar-refractivity contribution in [3.63, 3.8) is 0 Å². The maximum absolute atomic E-state index is 16.8. The first-order valence-electron chi connectivity index (χ1n) is 22.6. The van der Waals surface area contributed by atoms with Crippen LogP contribution in [0.2, 0.25) is 0 Å². The monoisotopic (exact) mass is 955 g/mol. The van der Waals surface area contributed by atoms with Crippen LogP contribution in [0.3, 0.4) is 0 Å². The van der Waals surface area contributed by atoms with Gasteiger partial charge in [-0.15, -0.1) is 11.3 Å². The molecule has 20 heteroatoms. The number of likely N-dealkylation sites (tertiary alicyclic amines) is 2. The Balaban J connectivity index is 1.03. The second-order valence-electron chi connectivity index (χ2n) is 18.0. The highest BCUT2D eigenvalue weighted by Crippen LogP contribution is 2.49. The number of methoxy groups -OCH3 is 2. The smallest absolute Gasteiger partial charge is 0.407 e. The average Bonchev–Trinajstić information content (AvgIpc) is 4.18. The molecule has 3 aliphatic rings. The second kappa shape index (κ2) is 18.7. The third-order valence-electron chi connectivity index (χ3n) is 13.0. The summed E-state index contributed by atoms with van der Waals surface area (Å²) in [6.45, 7) is 8.35. The van der Waals surface area contributed by atoms with Crippen LogP contribution in [-0.2, 0) is 19.1 Å². The zero-order valence-corrected chi connectivity index (χ0v) is 39.1. The van der Waals surface area contributed by atoms with Crippen LogP contribution in [0.5, 0.6) is 5.75 Å². The maximum atomic E-state index is 16.8. The van der Waals surface area contributed by atoms with Gasteiger partial charge < -0.3 is 44.6 Å². The normalized spacial score (nSPS) is 18.7. The van der Waals surface area contributed by atoms with Gasteiger partial charge in [0.25, 0.3) is 6.43 Å². The number of nitrogens with one attached hydrogen (secondary N) is 4. The van der Waals surface area contributed by atoms with Crippen LogP contribution in [0.1, 0.15) is 99.5 Å². The predicted molar refractivity (Wildman–Crippen MR) is 246 cm³/mol. The van der Waals surface area contributed by atoms with Crippen molar-refractivity contribution < 1.29 is 46.6 Å². The number of imidazole rings is 2. The van der Waals surface area contributed by atoms with Gasteiger partial charge in [-0.1, -0.05) is 33.8 Å². The van der Waals surface area contributed by atoms with Crippen LogP contribution >= 0.6 is 11.3 Å². The van der Waals surface area contributed by atoms with Crippen molar-refractivity contribution in [1.82, 2.24) is 44.9 Å². The number of alkyl carbamates (subject to hydrolysis) is 2. The van der Waals surface area contributed by atoms with Crippen molar-refractivity contribution >= 4 is 46.2 Å². The molecule has 3 aliphatic heterocycles. The van der Waals surface area contributed by atoms with Crippen molar-refractivity contribution in [3.8, 4) is 39.5 Å². The zero-order valence-electron chi connectivity index (χ0n) is 38.3.